The smallest absolute Gasteiger partial charge is 0.330 e. The van der Waals surface area contributed by atoms with Gasteiger partial charge in [0.25, 0.3) is 0 Å². The summed E-state index contributed by atoms with van der Waals surface area (Å²) in [6.45, 7) is 5.56. The van der Waals surface area contributed by atoms with Crippen LogP contribution in [0.5, 0.6) is 0 Å². The van der Waals surface area contributed by atoms with E-state index in [9.17, 15) is 9.59 Å². The van der Waals surface area contributed by atoms with E-state index in [-0.39, 0.29) is 29.6 Å². The second kappa shape index (κ2) is 6.53. The molecule has 8 nitrogen and oxygen atoms in total. The molecule has 3 aromatic rings. The van der Waals surface area contributed by atoms with Crippen molar-refractivity contribution in [1.82, 2.24) is 29.2 Å². The second-order valence-electron chi connectivity index (χ2n) is 7.60. The number of nitrogens with one attached hydrogen (secondary N) is 1. The Hall–Kier alpha value is -3.16. The van der Waals surface area contributed by atoms with Gasteiger partial charge in [-0.2, -0.15) is 5.10 Å². The number of benzene rings is 1. The van der Waals surface area contributed by atoms with E-state index >= 15 is 0 Å². The van der Waals surface area contributed by atoms with Crippen molar-refractivity contribution in [2.24, 2.45) is 5.41 Å². The number of nitrogens with zero attached hydrogens (tertiary/aromatic N) is 5. The van der Waals surface area contributed by atoms with Crippen molar-refractivity contribution in [3.63, 3.8) is 0 Å². The standard InChI is InChI=1S/C19H22N6O2/c1-19(2)12-25(15(26)11-24-13-21-22-18(24)27)16(19)17-20-8-9-23(17)10-14-6-4-3-5-7-14/h3-9,13,16H,10-12H2,1-2H3,(H,22,27). The summed E-state index contributed by atoms with van der Waals surface area (Å²) in [5.74, 6) is 0.750. The molecular weight excluding hydrogens is 344 g/mol. The van der Waals surface area contributed by atoms with E-state index in [2.05, 4.69) is 45.7 Å². The van der Waals surface area contributed by atoms with Gasteiger partial charge in [-0.15, -0.1) is 0 Å². The van der Waals surface area contributed by atoms with Crippen molar-refractivity contribution in [3.8, 4) is 0 Å². The normalized spacial score (nSPS) is 18.3. The Morgan fingerprint density at radius 1 is 1.26 bits per heavy atom. The van der Waals surface area contributed by atoms with E-state index < -0.39 is 0 Å². The number of likely N-dealkylation sites (tertiary alicyclic amines) is 1. The van der Waals surface area contributed by atoms with Gasteiger partial charge >= 0.3 is 5.69 Å². The third-order valence-electron chi connectivity index (χ3n) is 5.06. The van der Waals surface area contributed by atoms with Crippen LogP contribution in [0.3, 0.4) is 0 Å². The lowest BCUT2D eigenvalue weighted by Crippen LogP contribution is -2.59. The van der Waals surface area contributed by atoms with E-state index in [1.54, 1.807) is 11.1 Å². The number of rotatable bonds is 5. The number of aromatic nitrogens is 5. The average Bonchev–Trinajstić information content (AvgIpc) is 3.23. The summed E-state index contributed by atoms with van der Waals surface area (Å²) in [6.07, 6.45) is 5.06. The van der Waals surface area contributed by atoms with Crippen LogP contribution in [0.1, 0.15) is 31.3 Å². The Bertz CT molecular complexity index is 1000. The van der Waals surface area contributed by atoms with Crippen molar-refractivity contribution in [2.45, 2.75) is 33.0 Å². The SMILES string of the molecule is CC1(C)CN(C(=O)Cn2cn[nH]c2=O)C1c1nccn1Cc1ccccc1. The van der Waals surface area contributed by atoms with Crippen LogP contribution in [-0.2, 0) is 17.9 Å². The number of hydrogen-bond donors (Lipinski definition) is 1. The summed E-state index contributed by atoms with van der Waals surface area (Å²) in [4.78, 5) is 30.8. The van der Waals surface area contributed by atoms with Crippen LogP contribution >= 0.6 is 0 Å². The van der Waals surface area contributed by atoms with Gasteiger partial charge in [-0.25, -0.2) is 14.9 Å². The summed E-state index contributed by atoms with van der Waals surface area (Å²) in [7, 11) is 0. The Labute approximate surface area is 156 Å². The fraction of sp³-hybridized carbons (Fsp3) is 0.368. The van der Waals surface area contributed by atoms with Crippen molar-refractivity contribution >= 4 is 5.91 Å². The largest absolute Gasteiger partial charge is 0.343 e. The highest BCUT2D eigenvalue weighted by Gasteiger charge is 2.50. The van der Waals surface area contributed by atoms with Gasteiger partial charge < -0.3 is 9.47 Å². The predicted octanol–water partition coefficient (Wildman–Crippen LogP) is 1.43. The molecule has 1 aromatic carbocycles. The maximum absolute atomic E-state index is 12.8. The first-order valence-corrected chi connectivity index (χ1v) is 8.90. The van der Waals surface area contributed by atoms with Crippen molar-refractivity contribution < 1.29 is 4.79 Å². The minimum Gasteiger partial charge on any atom is -0.330 e. The van der Waals surface area contributed by atoms with E-state index in [4.69, 9.17) is 0 Å². The minimum absolute atomic E-state index is 0.0265. The van der Waals surface area contributed by atoms with Gasteiger partial charge in [0.15, 0.2) is 0 Å². The Morgan fingerprint density at radius 2 is 2.04 bits per heavy atom. The second-order valence-corrected chi connectivity index (χ2v) is 7.60. The maximum atomic E-state index is 12.8. The van der Waals surface area contributed by atoms with Crippen molar-refractivity contribution in [3.05, 3.63) is 70.9 Å². The molecule has 1 aliphatic heterocycles. The number of carbonyl (C=O) groups is 1. The highest BCUT2D eigenvalue weighted by Crippen LogP contribution is 2.47. The molecular formula is C19H22N6O2. The minimum atomic E-state index is -0.384. The van der Waals surface area contributed by atoms with Crippen LogP contribution in [0.25, 0.3) is 0 Å². The Morgan fingerprint density at radius 3 is 2.70 bits per heavy atom. The van der Waals surface area contributed by atoms with Crippen LogP contribution in [0.2, 0.25) is 0 Å². The molecule has 1 N–H and O–H groups in total. The zero-order valence-corrected chi connectivity index (χ0v) is 15.4. The fourth-order valence-electron chi connectivity index (χ4n) is 3.75. The zero-order chi connectivity index (χ0) is 19.0. The molecule has 27 heavy (non-hydrogen) atoms. The quantitative estimate of drug-likeness (QED) is 0.740. The van der Waals surface area contributed by atoms with Crippen LogP contribution in [-0.4, -0.2) is 41.7 Å². The molecule has 0 aliphatic carbocycles. The molecule has 1 aliphatic rings. The lowest BCUT2D eigenvalue weighted by Gasteiger charge is -2.53. The maximum Gasteiger partial charge on any atom is 0.343 e. The molecule has 1 fully saturated rings. The molecule has 3 heterocycles. The molecule has 0 spiro atoms. The number of carbonyl (C=O) groups excluding carboxylic acids is 1. The molecule has 0 radical (unpaired) electrons. The molecule has 0 bridgehead atoms. The summed E-state index contributed by atoms with van der Waals surface area (Å²) in [5, 5.41) is 5.99. The predicted molar refractivity (Wildman–Crippen MR) is 98.9 cm³/mol. The van der Waals surface area contributed by atoms with Gasteiger partial charge in [-0.1, -0.05) is 44.2 Å². The lowest BCUT2D eigenvalue weighted by molar-refractivity contribution is -0.153. The van der Waals surface area contributed by atoms with Crippen LogP contribution in [0.15, 0.2) is 53.8 Å². The Balaban J connectivity index is 1.58. The fourth-order valence-corrected chi connectivity index (χ4v) is 3.75. The summed E-state index contributed by atoms with van der Waals surface area (Å²) < 4.78 is 3.37. The molecule has 1 saturated heterocycles. The highest BCUT2D eigenvalue weighted by atomic mass is 16.2. The summed E-state index contributed by atoms with van der Waals surface area (Å²) in [6, 6.07) is 10.0. The van der Waals surface area contributed by atoms with E-state index in [1.165, 1.54) is 16.5 Å². The molecule has 1 unspecified atom stereocenters. The summed E-state index contributed by atoms with van der Waals surface area (Å²) in [5.41, 5.74) is 0.707. The van der Waals surface area contributed by atoms with Crippen molar-refractivity contribution in [2.75, 3.05) is 6.54 Å². The van der Waals surface area contributed by atoms with Crippen molar-refractivity contribution in [1.29, 1.82) is 0 Å². The monoisotopic (exact) mass is 366 g/mol. The first kappa shape index (κ1) is 17.3. The van der Waals surface area contributed by atoms with Gasteiger partial charge in [-0.3, -0.25) is 9.36 Å². The molecule has 8 heteroatoms. The number of aromatic amines is 1. The van der Waals surface area contributed by atoms with Crippen LogP contribution in [0, 0.1) is 5.41 Å². The third-order valence-corrected chi connectivity index (χ3v) is 5.06. The molecule has 2 aromatic heterocycles. The molecule has 1 atom stereocenters. The van der Waals surface area contributed by atoms with Gasteiger partial charge in [0.2, 0.25) is 5.91 Å². The topological polar surface area (TPSA) is 88.8 Å². The zero-order valence-electron chi connectivity index (χ0n) is 15.4. The van der Waals surface area contributed by atoms with Crippen LogP contribution < -0.4 is 5.69 Å². The number of amides is 1. The number of hydrogen-bond acceptors (Lipinski definition) is 4. The third kappa shape index (κ3) is 3.18. The Kier molecular flexibility index (Phi) is 4.18. The van der Waals surface area contributed by atoms with E-state index in [0.717, 1.165) is 5.82 Å². The van der Waals surface area contributed by atoms with E-state index in [1.807, 2.05) is 24.4 Å². The molecule has 140 valence electrons. The van der Waals surface area contributed by atoms with E-state index in [0.29, 0.717) is 13.1 Å². The van der Waals surface area contributed by atoms with Gasteiger partial charge in [0, 0.05) is 30.9 Å². The average molecular weight is 366 g/mol. The van der Waals surface area contributed by atoms with Crippen LogP contribution in [0.4, 0.5) is 0 Å². The molecule has 1 amide bonds. The number of H-pyrrole nitrogens is 1. The van der Waals surface area contributed by atoms with Gasteiger partial charge in [-0.05, 0) is 5.56 Å². The first-order chi connectivity index (χ1) is 13.0. The first-order valence-electron chi connectivity index (χ1n) is 8.90. The molecule has 0 saturated carbocycles. The highest BCUT2D eigenvalue weighted by molar-refractivity contribution is 5.77. The summed E-state index contributed by atoms with van der Waals surface area (Å²) >= 11 is 0. The molecule has 4 rings (SSSR count). The lowest BCUT2D eigenvalue weighted by atomic mass is 9.74. The van der Waals surface area contributed by atoms with Gasteiger partial charge in [0.05, 0.1) is 6.04 Å². The van der Waals surface area contributed by atoms with Gasteiger partial charge in [0.1, 0.15) is 18.7 Å². The number of imidazole rings is 1.